The lowest BCUT2D eigenvalue weighted by Gasteiger charge is -2.11. The van der Waals surface area contributed by atoms with Crippen molar-refractivity contribution >= 4 is 22.5 Å². The van der Waals surface area contributed by atoms with Crippen LogP contribution in [0.25, 0.3) is 5.69 Å². The van der Waals surface area contributed by atoms with Crippen LogP contribution in [0.15, 0.2) is 54.6 Å². The molecule has 1 aromatic heterocycles. The Morgan fingerprint density at radius 3 is 2.68 bits per heavy atom. The predicted molar refractivity (Wildman–Crippen MR) is 98.2 cm³/mol. The fourth-order valence-electron chi connectivity index (χ4n) is 2.98. The molecule has 1 aliphatic heterocycles. The van der Waals surface area contributed by atoms with Gasteiger partial charge in [0.15, 0.2) is 0 Å². The lowest BCUT2D eigenvalue weighted by molar-refractivity contribution is 0.102. The van der Waals surface area contributed by atoms with Gasteiger partial charge in [0.1, 0.15) is 5.82 Å². The molecule has 1 aliphatic rings. The van der Waals surface area contributed by atoms with E-state index in [1.54, 1.807) is 10.7 Å². The van der Waals surface area contributed by atoms with Gasteiger partial charge in [-0.25, -0.2) is 4.68 Å². The van der Waals surface area contributed by atoms with Crippen molar-refractivity contribution in [1.82, 2.24) is 9.78 Å². The van der Waals surface area contributed by atoms with Crippen LogP contribution in [0.1, 0.15) is 27.2 Å². The Balaban J connectivity index is 1.75. The van der Waals surface area contributed by atoms with Crippen molar-refractivity contribution in [2.24, 2.45) is 0 Å². The molecular weight excluding hydrogens is 334 g/mol. The number of para-hydroxylation sites is 1. The summed E-state index contributed by atoms with van der Waals surface area (Å²) >= 11 is 0. The Labute approximate surface area is 148 Å². The average molecular weight is 351 g/mol. The van der Waals surface area contributed by atoms with Crippen LogP contribution in [0.4, 0.5) is 5.82 Å². The molecule has 4 rings (SSSR count). The second-order valence-electron chi connectivity index (χ2n) is 6.07. The monoisotopic (exact) mass is 351 g/mol. The molecule has 0 saturated heterocycles. The van der Waals surface area contributed by atoms with Crippen molar-refractivity contribution in [3.8, 4) is 5.69 Å². The lowest BCUT2D eigenvalue weighted by Crippen LogP contribution is -2.16. The molecule has 0 saturated carbocycles. The first-order chi connectivity index (χ1) is 12.1. The Kier molecular flexibility index (Phi) is 3.97. The highest BCUT2D eigenvalue weighted by Crippen LogP contribution is 2.31. The molecule has 6 heteroatoms. The Bertz CT molecular complexity index is 980. The summed E-state index contributed by atoms with van der Waals surface area (Å²) in [6.07, 6.45) is 0. The molecule has 126 valence electrons. The van der Waals surface area contributed by atoms with Gasteiger partial charge in [0, 0.05) is 21.9 Å². The molecule has 25 heavy (non-hydrogen) atoms. The summed E-state index contributed by atoms with van der Waals surface area (Å²) in [4.78, 5) is 12.7. The van der Waals surface area contributed by atoms with Gasteiger partial charge in [-0.05, 0) is 31.2 Å². The summed E-state index contributed by atoms with van der Waals surface area (Å²) in [5.74, 6) is 1.27. The molecule has 0 radical (unpaired) electrons. The van der Waals surface area contributed by atoms with Crippen LogP contribution in [0.2, 0.25) is 0 Å². The summed E-state index contributed by atoms with van der Waals surface area (Å²) < 4.78 is 13.6. The standard InChI is InChI=1S/C19H17N3O2S/c1-13-6-5-7-14(10-13)19(23)20-18-16-11-25(24)12-17(16)21-22(18)15-8-3-2-4-9-15/h2-10H,11-12H2,1H3,(H,20,23)/t25-/m1/s1. The average Bonchev–Trinajstić information content (AvgIpc) is 3.13. The summed E-state index contributed by atoms with van der Waals surface area (Å²) in [6.45, 7) is 1.95. The zero-order valence-electron chi connectivity index (χ0n) is 13.7. The third-order valence-electron chi connectivity index (χ3n) is 4.18. The first-order valence-corrected chi connectivity index (χ1v) is 9.50. The second-order valence-corrected chi connectivity index (χ2v) is 7.53. The van der Waals surface area contributed by atoms with E-state index < -0.39 is 10.8 Å². The van der Waals surface area contributed by atoms with E-state index in [1.807, 2.05) is 55.5 Å². The summed E-state index contributed by atoms with van der Waals surface area (Å²) in [5.41, 5.74) is 4.14. The highest BCUT2D eigenvalue weighted by Gasteiger charge is 2.28. The van der Waals surface area contributed by atoms with Gasteiger partial charge in [-0.15, -0.1) is 0 Å². The van der Waals surface area contributed by atoms with Gasteiger partial charge in [0.2, 0.25) is 0 Å². The van der Waals surface area contributed by atoms with Gasteiger partial charge in [-0.3, -0.25) is 9.00 Å². The second kappa shape index (κ2) is 6.29. The minimum atomic E-state index is -0.953. The van der Waals surface area contributed by atoms with Gasteiger partial charge in [0.25, 0.3) is 5.91 Å². The predicted octanol–water partition coefficient (Wildman–Crippen LogP) is 3.20. The number of hydrogen-bond donors (Lipinski definition) is 1. The van der Waals surface area contributed by atoms with Crippen molar-refractivity contribution in [2.45, 2.75) is 18.4 Å². The fraction of sp³-hybridized carbons (Fsp3) is 0.158. The molecule has 0 aliphatic carbocycles. The third kappa shape index (κ3) is 3.00. The number of aromatic nitrogens is 2. The Morgan fingerprint density at radius 2 is 1.92 bits per heavy atom. The SMILES string of the molecule is Cc1cccc(C(=O)Nc2c3c(nn2-c2ccccc2)C[S@](=O)C3)c1. The summed E-state index contributed by atoms with van der Waals surface area (Å²) in [5, 5.41) is 7.57. The number of fused-ring (bicyclic) bond motifs is 1. The number of hydrogen-bond acceptors (Lipinski definition) is 3. The van der Waals surface area contributed by atoms with Crippen molar-refractivity contribution in [3.63, 3.8) is 0 Å². The number of carbonyl (C=O) groups is 1. The van der Waals surface area contributed by atoms with E-state index in [4.69, 9.17) is 0 Å². The van der Waals surface area contributed by atoms with Gasteiger partial charge < -0.3 is 5.32 Å². The minimum absolute atomic E-state index is 0.193. The van der Waals surface area contributed by atoms with E-state index >= 15 is 0 Å². The third-order valence-corrected chi connectivity index (χ3v) is 5.39. The highest BCUT2D eigenvalue weighted by atomic mass is 32.2. The maximum Gasteiger partial charge on any atom is 0.256 e. The van der Waals surface area contributed by atoms with Crippen LogP contribution in [0.3, 0.4) is 0 Å². The van der Waals surface area contributed by atoms with E-state index in [0.717, 1.165) is 22.5 Å². The Hall–Kier alpha value is -2.73. The molecule has 1 amide bonds. The number of nitrogens with one attached hydrogen (secondary N) is 1. The minimum Gasteiger partial charge on any atom is -0.306 e. The largest absolute Gasteiger partial charge is 0.306 e. The van der Waals surface area contributed by atoms with E-state index in [9.17, 15) is 9.00 Å². The highest BCUT2D eigenvalue weighted by molar-refractivity contribution is 7.83. The zero-order valence-corrected chi connectivity index (χ0v) is 14.5. The van der Waals surface area contributed by atoms with Crippen LogP contribution >= 0.6 is 0 Å². The number of aryl methyl sites for hydroxylation is 1. The van der Waals surface area contributed by atoms with E-state index in [2.05, 4.69) is 10.4 Å². The van der Waals surface area contributed by atoms with Gasteiger partial charge in [-0.1, -0.05) is 35.9 Å². The molecule has 2 aromatic carbocycles. The van der Waals surface area contributed by atoms with Crippen molar-refractivity contribution in [1.29, 1.82) is 0 Å². The zero-order chi connectivity index (χ0) is 17.4. The van der Waals surface area contributed by atoms with Crippen molar-refractivity contribution < 1.29 is 9.00 Å². The van der Waals surface area contributed by atoms with Crippen LogP contribution < -0.4 is 5.32 Å². The molecule has 0 fully saturated rings. The Morgan fingerprint density at radius 1 is 1.12 bits per heavy atom. The fourth-order valence-corrected chi connectivity index (χ4v) is 4.24. The van der Waals surface area contributed by atoms with Gasteiger partial charge >= 0.3 is 0 Å². The number of nitrogens with zero attached hydrogens (tertiary/aromatic N) is 2. The molecule has 1 atom stereocenters. The van der Waals surface area contributed by atoms with E-state index in [0.29, 0.717) is 22.9 Å². The molecule has 3 aromatic rings. The molecule has 1 N–H and O–H groups in total. The molecular formula is C19H17N3O2S. The topological polar surface area (TPSA) is 64.0 Å². The first-order valence-electron chi connectivity index (χ1n) is 8.01. The quantitative estimate of drug-likeness (QED) is 0.788. The van der Waals surface area contributed by atoms with E-state index in [1.165, 1.54) is 0 Å². The number of carbonyl (C=O) groups excluding carboxylic acids is 1. The maximum atomic E-state index is 12.7. The first kappa shape index (κ1) is 15.8. The van der Waals surface area contributed by atoms with Crippen molar-refractivity contribution in [3.05, 3.63) is 77.0 Å². The molecule has 0 unspecified atom stereocenters. The molecule has 0 spiro atoms. The van der Waals surface area contributed by atoms with Crippen LogP contribution in [-0.2, 0) is 22.3 Å². The van der Waals surface area contributed by atoms with E-state index in [-0.39, 0.29) is 5.91 Å². The maximum absolute atomic E-state index is 12.7. The molecule has 5 nitrogen and oxygen atoms in total. The summed E-state index contributed by atoms with van der Waals surface area (Å²) in [7, 11) is -0.953. The van der Waals surface area contributed by atoms with Gasteiger partial charge in [-0.2, -0.15) is 5.10 Å². The van der Waals surface area contributed by atoms with Crippen molar-refractivity contribution in [2.75, 3.05) is 5.32 Å². The number of rotatable bonds is 3. The van der Waals surface area contributed by atoms with Crippen LogP contribution in [0.5, 0.6) is 0 Å². The molecule has 2 heterocycles. The lowest BCUT2D eigenvalue weighted by atomic mass is 10.1. The normalized spacial score (nSPS) is 15.8. The molecule has 0 bridgehead atoms. The number of amides is 1. The van der Waals surface area contributed by atoms with Crippen LogP contribution in [-0.4, -0.2) is 19.9 Å². The number of benzene rings is 2. The number of anilines is 1. The summed E-state index contributed by atoms with van der Waals surface area (Å²) in [6, 6.07) is 17.1. The smallest absolute Gasteiger partial charge is 0.256 e. The van der Waals surface area contributed by atoms with Gasteiger partial charge in [0.05, 0.1) is 22.9 Å². The van der Waals surface area contributed by atoms with Crippen LogP contribution in [0, 0.1) is 6.92 Å².